The van der Waals surface area contributed by atoms with Crippen molar-refractivity contribution in [3.05, 3.63) is 64.5 Å². The second kappa shape index (κ2) is 7.61. The van der Waals surface area contributed by atoms with Crippen molar-refractivity contribution >= 4 is 22.4 Å². The van der Waals surface area contributed by atoms with Crippen LogP contribution in [0.15, 0.2) is 42.5 Å². The number of amides is 1. The fraction of sp³-hybridized carbons (Fsp3) is 0.158. The summed E-state index contributed by atoms with van der Waals surface area (Å²) in [6.07, 6.45) is 0. The van der Waals surface area contributed by atoms with Crippen molar-refractivity contribution in [2.45, 2.75) is 13.8 Å². The number of aryl methyl sites for hydroxylation is 2. The van der Waals surface area contributed by atoms with E-state index in [1.54, 1.807) is 19.1 Å². The van der Waals surface area contributed by atoms with Crippen LogP contribution >= 0.6 is 11.3 Å². The molecule has 1 heterocycles. The molecule has 0 saturated heterocycles. The number of halogens is 2. The molecule has 26 heavy (non-hydrogen) atoms. The lowest BCUT2D eigenvalue weighted by Gasteiger charge is -2.06. The number of rotatable bonds is 5. The number of thiazole rings is 1. The van der Waals surface area contributed by atoms with E-state index in [1.165, 1.54) is 17.4 Å². The van der Waals surface area contributed by atoms with Gasteiger partial charge in [0, 0.05) is 10.4 Å². The monoisotopic (exact) mass is 374 g/mol. The first-order chi connectivity index (χ1) is 12.4. The van der Waals surface area contributed by atoms with Gasteiger partial charge in [-0.05, 0) is 44.2 Å². The zero-order valence-electron chi connectivity index (χ0n) is 14.2. The highest BCUT2D eigenvalue weighted by Gasteiger charge is 2.14. The zero-order chi connectivity index (χ0) is 18.7. The summed E-state index contributed by atoms with van der Waals surface area (Å²) < 4.78 is 31.9. The number of aromatic nitrogens is 1. The zero-order valence-corrected chi connectivity index (χ0v) is 15.0. The highest BCUT2D eigenvalue weighted by molar-refractivity contribution is 7.16. The van der Waals surface area contributed by atoms with Gasteiger partial charge in [0.1, 0.15) is 5.75 Å². The first-order valence-corrected chi connectivity index (χ1v) is 8.66. The van der Waals surface area contributed by atoms with Gasteiger partial charge in [-0.3, -0.25) is 10.1 Å². The molecule has 0 aliphatic carbocycles. The van der Waals surface area contributed by atoms with Gasteiger partial charge in [-0.2, -0.15) is 0 Å². The summed E-state index contributed by atoms with van der Waals surface area (Å²) in [5.74, 6) is -1.60. The summed E-state index contributed by atoms with van der Waals surface area (Å²) >= 11 is 1.26. The Labute approximate surface area is 153 Å². The fourth-order valence-corrected chi connectivity index (χ4v) is 3.15. The van der Waals surface area contributed by atoms with Crippen molar-refractivity contribution in [3.8, 4) is 17.0 Å². The van der Waals surface area contributed by atoms with Crippen molar-refractivity contribution in [2.24, 2.45) is 0 Å². The lowest BCUT2D eigenvalue weighted by atomic mass is 10.1. The fourth-order valence-electron chi connectivity index (χ4n) is 2.30. The van der Waals surface area contributed by atoms with Crippen LogP contribution < -0.4 is 10.1 Å². The van der Waals surface area contributed by atoms with Crippen LogP contribution in [0.4, 0.5) is 13.9 Å². The van der Waals surface area contributed by atoms with E-state index in [0.717, 1.165) is 22.6 Å². The van der Waals surface area contributed by atoms with Crippen LogP contribution in [0.5, 0.6) is 5.75 Å². The highest BCUT2D eigenvalue weighted by atomic mass is 32.1. The van der Waals surface area contributed by atoms with E-state index in [1.807, 2.05) is 19.1 Å². The first-order valence-electron chi connectivity index (χ1n) is 7.84. The standard InChI is InChI=1S/C19H16F2N2O2S/c1-11-3-6-14(7-4-11)25-10-17(24)22-19-23-18(12(2)26-19)13-5-8-15(20)16(21)9-13/h3-9H,10H2,1-2H3,(H,22,23,24). The Morgan fingerprint density at radius 3 is 2.54 bits per heavy atom. The third-order valence-corrected chi connectivity index (χ3v) is 4.51. The molecule has 4 nitrogen and oxygen atoms in total. The van der Waals surface area contributed by atoms with Crippen molar-refractivity contribution < 1.29 is 18.3 Å². The van der Waals surface area contributed by atoms with Gasteiger partial charge < -0.3 is 4.74 Å². The number of anilines is 1. The van der Waals surface area contributed by atoms with Crippen LogP contribution in [0, 0.1) is 25.5 Å². The van der Waals surface area contributed by atoms with Gasteiger partial charge in [0.25, 0.3) is 5.91 Å². The maximum absolute atomic E-state index is 13.4. The number of carbonyl (C=O) groups is 1. The molecule has 1 N–H and O–H groups in total. The number of nitrogens with one attached hydrogen (secondary N) is 1. The first kappa shape index (κ1) is 18.0. The van der Waals surface area contributed by atoms with Crippen LogP contribution in [0.2, 0.25) is 0 Å². The normalized spacial score (nSPS) is 10.6. The van der Waals surface area contributed by atoms with E-state index >= 15 is 0 Å². The SMILES string of the molecule is Cc1ccc(OCC(=O)Nc2nc(-c3ccc(F)c(F)c3)c(C)s2)cc1. The lowest BCUT2D eigenvalue weighted by Crippen LogP contribution is -2.20. The Hall–Kier alpha value is -2.80. The number of carbonyl (C=O) groups excluding carboxylic acids is 1. The lowest BCUT2D eigenvalue weighted by molar-refractivity contribution is -0.118. The molecule has 0 aliphatic rings. The molecule has 0 spiro atoms. The number of hydrogen-bond acceptors (Lipinski definition) is 4. The molecule has 0 bridgehead atoms. The van der Waals surface area contributed by atoms with Gasteiger partial charge in [-0.1, -0.05) is 17.7 Å². The van der Waals surface area contributed by atoms with Crippen LogP contribution in [0.25, 0.3) is 11.3 Å². The van der Waals surface area contributed by atoms with E-state index in [0.29, 0.717) is 22.1 Å². The second-order valence-corrected chi connectivity index (χ2v) is 6.91. The smallest absolute Gasteiger partial charge is 0.264 e. The average molecular weight is 374 g/mol. The second-order valence-electron chi connectivity index (χ2n) is 5.70. The Morgan fingerprint density at radius 2 is 1.85 bits per heavy atom. The summed E-state index contributed by atoms with van der Waals surface area (Å²) in [5.41, 5.74) is 2.06. The summed E-state index contributed by atoms with van der Waals surface area (Å²) in [4.78, 5) is 17.1. The molecule has 0 fully saturated rings. The van der Waals surface area contributed by atoms with Crippen molar-refractivity contribution in [3.63, 3.8) is 0 Å². The van der Waals surface area contributed by atoms with Crippen LogP contribution in [0.3, 0.4) is 0 Å². The number of hydrogen-bond donors (Lipinski definition) is 1. The summed E-state index contributed by atoms with van der Waals surface area (Å²) in [6.45, 7) is 3.61. The molecule has 0 unspecified atom stereocenters. The Bertz CT molecular complexity index is 939. The molecule has 1 aromatic heterocycles. The Kier molecular flexibility index (Phi) is 5.27. The molecular formula is C19H16F2N2O2S. The maximum atomic E-state index is 13.4. The highest BCUT2D eigenvalue weighted by Crippen LogP contribution is 2.31. The van der Waals surface area contributed by atoms with Crippen LogP contribution in [-0.4, -0.2) is 17.5 Å². The Balaban J connectivity index is 1.65. The average Bonchev–Trinajstić information content (AvgIpc) is 2.97. The van der Waals surface area contributed by atoms with E-state index in [2.05, 4.69) is 10.3 Å². The molecule has 0 saturated carbocycles. The predicted octanol–water partition coefficient (Wildman–Crippen LogP) is 4.72. The molecule has 3 rings (SSSR count). The molecule has 0 aliphatic heterocycles. The minimum Gasteiger partial charge on any atom is -0.484 e. The van der Waals surface area contributed by atoms with Gasteiger partial charge in [0.2, 0.25) is 0 Å². The van der Waals surface area contributed by atoms with Gasteiger partial charge in [0.15, 0.2) is 23.4 Å². The predicted molar refractivity (Wildman–Crippen MR) is 97.5 cm³/mol. The largest absolute Gasteiger partial charge is 0.484 e. The molecule has 7 heteroatoms. The van der Waals surface area contributed by atoms with Crippen molar-refractivity contribution in [2.75, 3.05) is 11.9 Å². The molecule has 2 aromatic carbocycles. The third kappa shape index (κ3) is 4.23. The topological polar surface area (TPSA) is 51.2 Å². The molecule has 134 valence electrons. The maximum Gasteiger partial charge on any atom is 0.264 e. The van der Waals surface area contributed by atoms with Crippen LogP contribution in [-0.2, 0) is 4.79 Å². The van der Waals surface area contributed by atoms with Gasteiger partial charge >= 0.3 is 0 Å². The minimum atomic E-state index is -0.938. The Morgan fingerprint density at radius 1 is 1.12 bits per heavy atom. The number of benzene rings is 2. The molecule has 0 atom stereocenters. The molecule has 1 amide bonds. The van der Waals surface area contributed by atoms with Gasteiger partial charge in [-0.25, -0.2) is 13.8 Å². The molecule has 3 aromatic rings. The van der Waals surface area contributed by atoms with E-state index < -0.39 is 11.6 Å². The summed E-state index contributed by atoms with van der Waals surface area (Å²) in [6, 6.07) is 11.0. The molecular weight excluding hydrogens is 358 g/mol. The minimum absolute atomic E-state index is 0.151. The number of nitrogens with zero attached hydrogens (tertiary/aromatic N) is 1. The van der Waals surface area contributed by atoms with E-state index in [-0.39, 0.29) is 12.5 Å². The summed E-state index contributed by atoms with van der Waals surface area (Å²) in [5, 5.41) is 3.03. The molecule has 0 radical (unpaired) electrons. The van der Waals surface area contributed by atoms with Gasteiger partial charge in [0.05, 0.1) is 5.69 Å². The van der Waals surface area contributed by atoms with E-state index in [9.17, 15) is 13.6 Å². The van der Waals surface area contributed by atoms with Crippen LogP contribution in [0.1, 0.15) is 10.4 Å². The summed E-state index contributed by atoms with van der Waals surface area (Å²) in [7, 11) is 0. The van der Waals surface area contributed by atoms with Gasteiger partial charge in [-0.15, -0.1) is 11.3 Å². The number of ether oxygens (including phenoxy) is 1. The third-order valence-electron chi connectivity index (χ3n) is 3.63. The van der Waals surface area contributed by atoms with Crippen molar-refractivity contribution in [1.29, 1.82) is 0 Å². The quantitative estimate of drug-likeness (QED) is 0.703. The van der Waals surface area contributed by atoms with Crippen molar-refractivity contribution in [1.82, 2.24) is 4.98 Å². The van der Waals surface area contributed by atoms with E-state index in [4.69, 9.17) is 4.74 Å².